The Kier molecular flexibility index (Phi) is 34.7. The fourth-order valence-electron chi connectivity index (χ4n) is 6.50. The number of allylic oxidation sites excluding steroid dienone is 2. The molecule has 52 heavy (non-hydrogen) atoms. The summed E-state index contributed by atoms with van der Waals surface area (Å²) in [6.45, 7) is 4.74. The molecular formula is C44H84NO7+. The molecule has 0 heterocycles. The Morgan fingerprint density at radius 1 is 0.558 bits per heavy atom. The molecule has 306 valence electrons. The van der Waals surface area contributed by atoms with Crippen LogP contribution in [-0.4, -0.2) is 80.6 Å². The van der Waals surface area contributed by atoms with Crippen molar-refractivity contribution >= 4 is 17.9 Å². The SMILES string of the molecule is CCCCCCCC/C=C\CCCCCCCCCC(=O)OC(COCCC(C(=O)O)[N+](C)(C)C)COC(=O)CCCCCCCCCCCCC. The zero-order chi connectivity index (χ0) is 38.5. The van der Waals surface area contributed by atoms with Crippen molar-refractivity contribution in [3.63, 3.8) is 0 Å². The van der Waals surface area contributed by atoms with Gasteiger partial charge in [-0.1, -0.05) is 154 Å². The van der Waals surface area contributed by atoms with Crippen molar-refractivity contribution < 1.29 is 38.2 Å². The predicted molar refractivity (Wildman–Crippen MR) is 215 cm³/mol. The molecule has 0 saturated heterocycles. The monoisotopic (exact) mass is 739 g/mol. The lowest BCUT2D eigenvalue weighted by molar-refractivity contribution is -0.887. The molecule has 8 nitrogen and oxygen atoms in total. The lowest BCUT2D eigenvalue weighted by atomic mass is 10.1. The van der Waals surface area contributed by atoms with Gasteiger partial charge in [0.2, 0.25) is 0 Å². The zero-order valence-corrected chi connectivity index (χ0v) is 34.8. The van der Waals surface area contributed by atoms with E-state index in [2.05, 4.69) is 26.0 Å². The van der Waals surface area contributed by atoms with Gasteiger partial charge in [-0.25, -0.2) is 4.79 Å². The Bertz CT molecular complexity index is 869. The number of hydrogen-bond donors (Lipinski definition) is 1. The number of carbonyl (C=O) groups is 3. The van der Waals surface area contributed by atoms with Gasteiger partial charge < -0.3 is 23.8 Å². The highest BCUT2D eigenvalue weighted by Crippen LogP contribution is 2.15. The van der Waals surface area contributed by atoms with E-state index >= 15 is 0 Å². The standard InChI is InChI=1S/C44H83NO7/c1-6-8-10-12-14-16-18-19-20-21-22-23-25-27-29-31-33-35-43(47)52-40(38-50-37-36-41(44(48)49)45(3,4)5)39-51-42(46)34-32-30-28-26-24-17-15-13-11-9-7-2/h19-20,40-41H,6-18,21-39H2,1-5H3/p+1/b20-19-. The molecular weight excluding hydrogens is 654 g/mol. The van der Waals surface area contributed by atoms with Crippen molar-refractivity contribution in [3.8, 4) is 0 Å². The maximum atomic E-state index is 12.7. The minimum atomic E-state index is -0.873. The summed E-state index contributed by atoms with van der Waals surface area (Å²) < 4.78 is 17.3. The number of nitrogens with zero attached hydrogens (tertiary/aromatic N) is 1. The van der Waals surface area contributed by atoms with E-state index in [9.17, 15) is 19.5 Å². The zero-order valence-electron chi connectivity index (χ0n) is 34.8. The van der Waals surface area contributed by atoms with Crippen LogP contribution >= 0.6 is 0 Å². The Labute approximate surface area is 320 Å². The van der Waals surface area contributed by atoms with E-state index < -0.39 is 18.1 Å². The quantitative estimate of drug-likeness (QED) is 0.0290. The maximum absolute atomic E-state index is 12.7. The first-order chi connectivity index (χ1) is 25.1. The fourth-order valence-corrected chi connectivity index (χ4v) is 6.50. The molecule has 2 unspecified atom stereocenters. The summed E-state index contributed by atoms with van der Waals surface area (Å²) in [5, 5.41) is 9.60. The predicted octanol–water partition coefficient (Wildman–Crippen LogP) is 11.5. The normalized spacial score (nSPS) is 13.0. The highest BCUT2D eigenvalue weighted by Gasteiger charge is 2.31. The second kappa shape index (κ2) is 36.1. The van der Waals surface area contributed by atoms with Gasteiger partial charge in [-0.05, 0) is 38.5 Å². The summed E-state index contributed by atoms with van der Waals surface area (Å²) >= 11 is 0. The average Bonchev–Trinajstić information content (AvgIpc) is 3.09. The third-order valence-corrected chi connectivity index (χ3v) is 9.91. The van der Waals surface area contributed by atoms with Gasteiger partial charge in [-0.3, -0.25) is 9.59 Å². The van der Waals surface area contributed by atoms with Crippen LogP contribution in [0.25, 0.3) is 0 Å². The van der Waals surface area contributed by atoms with E-state index in [4.69, 9.17) is 14.2 Å². The summed E-state index contributed by atoms with van der Waals surface area (Å²) in [6, 6.07) is -0.610. The molecule has 0 aliphatic heterocycles. The van der Waals surface area contributed by atoms with Crippen LogP contribution in [0, 0.1) is 0 Å². The van der Waals surface area contributed by atoms with Gasteiger partial charge in [-0.2, -0.15) is 0 Å². The Hall–Kier alpha value is -1.93. The van der Waals surface area contributed by atoms with Crippen molar-refractivity contribution in [1.82, 2.24) is 0 Å². The number of unbranched alkanes of at least 4 members (excludes halogenated alkanes) is 23. The van der Waals surface area contributed by atoms with Gasteiger partial charge in [0.25, 0.3) is 0 Å². The Balaban J connectivity index is 4.32. The number of carboxylic acid groups (broad SMARTS) is 1. The second-order valence-electron chi connectivity index (χ2n) is 16.0. The summed E-state index contributed by atoms with van der Waals surface area (Å²) in [6.07, 6.45) is 36.7. The average molecular weight is 739 g/mol. The minimum Gasteiger partial charge on any atom is -0.477 e. The minimum absolute atomic E-state index is 0.0471. The van der Waals surface area contributed by atoms with Crippen molar-refractivity contribution in [2.45, 2.75) is 212 Å². The van der Waals surface area contributed by atoms with Crippen LogP contribution in [0.1, 0.15) is 200 Å². The van der Waals surface area contributed by atoms with Crippen LogP contribution in [0.5, 0.6) is 0 Å². The molecule has 0 bridgehead atoms. The summed E-state index contributed by atoms with van der Waals surface area (Å²) in [7, 11) is 5.53. The van der Waals surface area contributed by atoms with Crippen molar-refractivity contribution in [3.05, 3.63) is 12.2 Å². The molecule has 0 aromatic carbocycles. The van der Waals surface area contributed by atoms with E-state index in [1.54, 1.807) is 0 Å². The Morgan fingerprint density at radius 2 is 0.962 bits per heavy atom. The van der Waals surface area contributed by atoms with E-state index in [1.807, 2.05) is 21.1 Å². The maximum Gasteiger partial charge on any atom is 0.362 e. The lowest BCUT2D eigenvalue weighted by Crippen LogP contribution is -2.50. The smallest absolute Gasteiger partial charge is 0.362 e. The van der Waals surface area contributed by atoms with Crippen LogP contribution in [-0.2, 0) is 28.6 Å². The molecule has 0 radical (unpaired) electrons. The number of quaternary nitrogens is 1. The van der Waals surface area contributed by atoms with Crippen LogP contribution in [0.4, 0.5) is 0 Å². The number of hydrogen-bond acceptors (Lipinski definition) is 6. The Morgan fingerprint density at radius 3 is 1.38 bits per heavy atom. The fraction of sp³-hybridized carbons (Fsp3) is 0.886. The molecule has 0 spiro atoms. The number of aliphatic carboxylic acids is 1. The molecule has 8 heteroatoms. The molecule has 0 fully saturated rings. The molecule has 0 amide bonds. The molecule has 0 aliphatic rings. The molecule has 0 aromatic heterocycles. The van der Waals surface area contributed by atoms with E-state index in [1.165, 1.54) is 128 Å². The summed E-state index contributed by atoms with van der Waals surface area (Å²) in [5.74, 6) is -1.46. The number of ether oxygens (including phenoxy) is 3. The summed E-state index contributed by atoms with van der Waals surface area (Å²) in [4.78, 5) is 36.9. The van der Waals surface area contributed by atoms with Gasteiger partial charge in [-0.15, -0.1) is 0 Å². The first kappa shape index (κ1) is 50.1. The van der Waals surface area contributed by atoms with Crippen LogP contribution < -0.4 is 0 Å². The first-order valence-corrected chi connectivity index (χ1v) is 21.7. The highest BCUT2D eigenvalue weighted by atomic mass is 16.6. The van der Waals surface area contributed by atoms with Gasteiger partial charge in [0.05, 0.1) is 34.4 Å². The number of likely N-dealkylation sites (N-methyl/N-ethyl adjacent to an activating group) is 1. The van der Waals surface area contributed by atoms with E-state index in [0.29, 0.717) is 19.3 Å². The van der Waals surface area contributed by atoms with Crippen molar-refractivity contribution in [2.75, 3.05) is 41.0 Å². The molecule has 0 aromatic rings. The third kappa shape index (κ3) is 33.9. The van der Waals surface area contributed by atoms with Crippen LogP contribution in [0.2, 0.25) is 0 Å². The van der Waals surface area contributed by atoms with E-state index in [-0.39, 0.29) is 36.2 Å². The summed E-state index contributed by atoms with van der Waals surface area (Å²) in [5.41, 5.74) is 0. The molecule has 0 aliphatic carbocycles. The van der Waals surface area contributed by atoms with Crippen molar-refractivity contribution in [1.29, 1.82) is 0 Å². The number of carboxylic acids is 1. The van der Waals surface area contributed by atoms with Crippen LogP contribution in [0.3, 0.4) is 0 Å². The van der Waals surface area contributed by atoms with Gasteiger partial charge in [0.1, 0.15) is 6.61 Å². The van der Waals surface area contributed by atoms with Gasteiger partial charge in [0, 0.05) is 19.3 Å². The third-order valence-electron chi connectivity index (χ3n) is 9.91. The number of esters is 2. The molecule has 2 atom stereocenters. The number of carbonyl (C=O) groups excluding carboxylic acids is 2. The molecule has 0 rings (SSSR count). The highest BCUT2D eigenvalue weighted by molar-refractivity contribution is 5.72. The molecule has 1 N–H and O–H groups in total. The second-order valence-corrected chi connectivity index (χ2v) is 16.0. The first-order valence-electron chi connectivity index (χ1n) is 21.7. The lowest BCUT2D eigenvalue weighted by Gasteiger charge is -2.31. The van der Waals surface area contributed by atoms with Crippen molar-refractivity contribution in [2.24, 2.45) is 0 Å². The largest absolute Gasteiger partial charge is 0.477 e. The number of rotatable bonds is 39. The van der Waals surface area contributed by atoms with Crippen LogP contribution in [0.15, 0.2) is 12.2 Å². The van der Waals surface area contributed by atoms with E-state index in [0.717, 1.165) is 38.5 Å². The topological polar surface area (TPSA) is 99.1 Å². The van der Waals surface area contributed by atoms with Gasteiger partial charge >= 0.3 is 17.9 Å². The molecule has 0 saturated carbocycles. The van der Waals surface area contributed by atoms with Gasteiger partial charge in [0.15, 0.2) is 12.1 Å².